The van der Waals surface area contributed by atoms with Gasteiger partial charge in [-0.2, -0.15) is 21.6 Å². The smallest absolute Gasteiger partial charge is 0.322 e. The second kappa shape index (κ2) is 12.1. The molecular formula is C17H24F3N2O3RuS. The van der Waals surface area contributed by atoms with Crippen LogP contribution in [0.4, 0.5) is 13.2 Å². The molecule has 11 radical (unpaired) electrons. The van der Waals surface area contributed by atoms with Gasteiger partial charge in [0.1, 0.15) is 0 Å². The Morgan fingerprint density at radius 2 is 0.963 bits per heavy atom. The molecule has 10 heteroatoms. The average Bonchev–Trinajstić information content (AvgIpc) is 2.68. The van der Waals surface area contributed by atoms with E-state index in [1.807, 2.05) is 12.8 Å². The summed E-state index contributed by atoms with van der Waals surface area (Å²) in [6.45, 7) is 11.0. The predicted octanol–water partition coefficient (Wildman–Crippen LogP) is 3.16. The molecule has 5 nitrogen and oxygen atoms in total. The first-order valence-electron chi connectivity index (χ1n) is 7.44. The van der Waals surface area contributed by atoms with Crippen LogP contribution in [0.3, 0.4) is 0 Å². The Kier molecular flexibility index (Phi) is 13.1. The largest absolute Gasteiger partial charge is 0.522 e. The van der Waals surface area contributed by atoms with Crippen molar-refractivity contribution in [2.24, 2.45) is 11.5 Å². The van der Waals surface area contributed by atoms with Crippen LogP contribution in [0.1, 0.15) is 34.6 Å². The molecule has 2 rings (SSSR count). The molecule has 0 heterocycles. The Morgan fingerprint density at radius 1 is 0.778 bits per heavy atom. The van der Waals surface area contributed by atoms with Gasteiger partial charge in [0.25, 0.3) is 0 Å². The molecule has 0 bridgehead atoms. The molecule has 5 N–H and O–H groups in total. The van der Waals surface area contributed by atoms with Gasteiger partial charge in [-0.25, -0.2) is 0 Å². The van der Waals surface area contributed by atoms with Crippen LogP contribution in [-0.2, 0) is 29.6 Å². The van der Waals surface area contributed by atoms with Crippen LogP contribution < -0.4 is 11.5 Å². The molecule has 2 fully saturated rings. The maximum absolute atomic E-state index is 10.7. The van der Waals surface area contributed by atoms with E-state index in [2.05, 4.69) is 34.6 Å². The fourth-order valence-electron chi connectivity index (χ4n) is 1.92. The Labute approximate surface area is 174 Å². The van der Waals surface area contributed by atoms with Crippen LogP contribution in [0, 0.1) is 67.4 Å². The Bertz CT molecular complexity index is 465. The van der Waals surface area contributed by atoms with Crippen LogP contribution in [0.2, 0.25) is 0 Å². The molecule has 0 atom stereocenters. The minimum atomic E-state index is -5.84. The first-order chi connectivity index (χ1) is 11.6. The summed E-state index contributed by atoms with van der Waals surface area (Å²) in [5.74, 6) is 7.34. The minimum Gasteiger partial charge on any atom is -0.322 e. The van der Waals surface area contributed by atoms with Crippen LogP contribution in [0.15, 0.2) is 0 Å². The zero-order valence-electron chi connectivity index (χ0n) is 15.6. The average molecular weight is 495 g/mol. The molecule has 0 saturated heterocycles. The molecule has 2 saturated carbocycles. The van der Waals surface area contributed by atoms with Crippen molar-refractivity contribution < 1.29 is 45.6 Å². The topological polar surface area (TPSA) is 106 Å². The quantitative estimate of drug-likeness (QED) is 0.273. The predicted molar refractivity (Wildman–Crippen MR) is 94.2 cm³/mol. The van der Waals surface area contributed by atoms with Gasteiger partial charge in [-0.3, -0.25) is 4.55 Å². The summed E-state index contributed by atoms with van der Waals surface area (Å²) in [5, 5.41) is 0. The van der Waals surface area contributed by atoms with Crippen molar-refractivity contribution in [3.8, 4) is 0 Å². The van der Waals surface area contributed by atoms with E-state index in [1.54, 1.807) is 12.8 Å². The Hall–Kier alpha value is 0.243. The molecule has 155 valence electrons. The van der Waals surface area contributed by atoms with E-state index in [1.165, 1.54) is 29.6 Å². The number of alkyl halides is 3. The van der Waals surface area contributed by atoms with Crippen molar-refractivity contribution >= 4 is 10.1 Å². The summed E-state index contributed by atoms with van der Waals surface area (Å²) in [6.07, 6.45) is 7.25. The van der Waals surface area contributed by atoms with Crippen molar-refractivity contribution in [3.05, 3.63) is 67.4 Å². The third-order valence-electron chi connectivity index (χ3n) is 4.10. The zero-order valence-corrected chi connectivity index (χ0v) is 18.2. The van der Waals surface area contributed by atoms with Crippen molar-refractivity contribution in [2.45, 2.75) is 40.1 Å². The molecule has 0 spiro atoms. The molecule has 0 aliphatic heterocycles. The molecule has 2 aliphatic carbocycles. The molecule has 0 aromatic rings. The van der Waals surface area contributed by atoms with Crippen molar-refractivity contribution in [1.29, 1.82) is 0 Å². The second-order valence-electron chi connectivity index (χ2n) is 5.67. The van der Waals surface area contributed by atoms with E-state index in [0.717, 1.165) is 0 Å². The number of halogens is 3. The SMILES string of the molecule is C[C]1[C](C)[C](C)[C](C)[C]1C.N[C]1[CH][CH][CH][CH][C]1N.O=S(=O)(O)C(F)(F)F.[Ru]. The van der Waals surface area contributed by atoms with Gasteiger partial charge in [-0.1, -0.05) is 34.6 Å². The summed E-state index contributed by atoms with van der Waals surface area (Å²) < 4.78 is 57.5. The van der Waals surface area contributed by atoms with Gasteiger partial charge in [0.15, 0.2) is 0 Å². The summed E-state index contributed by atoms with van der Waals surface area (Å²) in [7, 11) is -5.84. The minimum absolute atomic E-state index is 0. The van der Waals surface area contributed by atoms with Gasteiger partial charge in [0.05, 0.1) is 12.1 Å². The third kappa shape index (κ3) is 9.52. The van der Waals surface area contributed by atoms with Gasteiger partial charge >= 0.3 is 15.6 Å². The number of nitrogens with two attached hydrogens (primary N) is 2. The summed E-state index contributed by atoms with van der Waals surface area (Å²) >= 11 is 0. The Balaban J connectivity index is 0. The van der Waals surface area contributed by atoms with Crippen molar-refractivity contribution in [1.82, 2.24) is 0 Å². The zero-order chi connectivity index (χ0) is 20.9. The first-order valence-corrected chi connectivity index (χ1v) is 8.88. The van der Waals surface area contributed by atoms with Gasteiger partial charge in [0, 0.05) is 19.5 Å². The van der Waals surface area contributed by atoms with Gasteiger partial charge in [-0.15, -0.1) is 0 Å². The van der Waals surface area contributed by atoms with E-state index in [0.29, 0.717) is 12.1 Å². The molecule has 0 aromatic carbocycles. The second-order valence-corrected chi connectivity index (χ2v) is 7.09. The van der Waals surface area contributed by atoms with Crippen LogP contribution in [0.25, 0.3) is 0 Å². The molecule has 0 aromatic heterocycles. The monoisotopic (exact) mass is 495 g/mol. The van der Waals surface area contributed by atoms with Gasteiger partial charge < -0.3 is 11.5 Å². The summed E-state index contributed by atoms with van der Waals surface area (Å²) in [5.41, 5.74) is 5.25. The standard InChI is InChI=1S/C10H15.C6H8N2.CHF3O3S.Ru/c1-6-7(2)9(4)10(5)8(6)3;7-5-3-1-2-4-6(5)8;2-1(3,4)8(5,6)7;/h1-5H3;1-4H,7-8H2;(H,5,6,7);. The van der Waals surface area contributed by atoms with Crippen LogP contribution >= 0.6 is 0 Å². The van der Waals surface area contributed by atoms with Gasteiger partial charge in [-0.05, 0) is 55.3 Å². The summed E-state index contributed by atoms with van der Waals surface area (Å²) in [6, 6.07) is 1.29. The van der Waals surface area contributed by atoms with E-state index >= 15 is 0 Å². The third-order valence-corrected chi connectivity index (χ3v) is 4.69. The van der Waals surface area contributed by atoms with Gasteiger partial charge in [0.2, 0.25) is 0 Å². The number of rotatable bonds is 0. The van der Waals surface area contributed by atoms with Crippen LogP contribution in [-0.4, -0.2) is 18.5 Å². The molecule has 0 amide bonds. The Morgan fingerprint density at radius 3 is 1.07 bits per heavy atom. The summed E-state index contributed by atoms with van der Waals surface area (Å²) in [4.78, 5) is 0. The molecular weight excluding hydrogens is 470 g/mol. The molecule has 0 unspecified atom stereocenters. The fourth-order valence-corrected chi connectivity index (χ4v) is 1.92. The maximum Gasteiger partial charge on any atom is 0.522 e. The first kappa shape index (κ1) is 29.4. The van der Waals surface area contributed by atoms with Crippen molar-refractivity contribution in [2.75, 3.05) is 0 Å². The maximum atomic E-state index is 10.7. The normalized spacial score (nSPS) is 22.5. The molecule has 2 aliphatic rings. The number of hydrogen-bond donors (Lipinski definition) is 3. The van der Waals surface area contributed by atoms with Crippen molar-refractivity contribution in [3.63, 3.8) is 0 Å². The fraction of sp³-hybridized carbons (Fsp3) is 0.353. The molecule has 27 heavy (non-hydrogen) atoms. The van der Waals surface area contributed by atoms with E-state index in [-0.39, 0.29) is 19.5 Å². The van der Waals surface area contributed by atoms with E-state index in [4.69, 9.17) is 24.4 Å². The van der Waals surface area contributed by atoms with Crippen LogP contribution in [0.5, 0.6) is 0 Å². The number of hydrogen-bond acceptors (Lipinski definition) is 4. The van der Waals surface area contributed by atoms with E-state index in [9.17, 15) is 13.2 Å². The van der Waals surface area contributed by atoms with E-state index < -0.39 is 15.6 Å².